The minimum absolute atomic E-state index is 0.0827. The molecular formula is C14H14Br2O2S. The predicted molar refractivity (Wildman–Crippen MR) is 85.7 cm³/mol. The molecule has 2 nitrogen and oxygen atoms in total. The summed E-state index contributed by atoms with van der Waals surface area (Å²) in [7, 11) is 0. The Labute approximate surface area is 133 Å². The van der Waals surface area contributed by atoms with E-state index in [-0.39, 0.29) is 13.2 Å². The molecule has 0 spiro atoms. The first-order valence-electron chi connectivity index (χ1n) is 5.80. The number of thiophene rings is 1. The van der Waals surface area contributed by atoms with Gasteiger partial charge in [0.05, 0.1) is 13.2 Å². The van der Waals surface area contributed by atoms with E-state index in [1.807, 2.05) is 35.7 Å². The molecule has 0 amide bonds. The van der Waals surface area contributed by atoms with Crippen molar-refractivity contribution in [3.05, 3.63) is 55.1 Å². The third-order valence-corrected chi connectivity index (χ3v) is 5.42. The van der Waals surface area contributed by atoms with Crippen molar-refractivity contribution in [1.29, 1.82) is 0 Å². The molecule has 0 atom stereocenters. The van der Waals surface area contributed by atoms with Crippen LogP contribution in [-0.2, 0) is 11.8 Å². The highest BCUT2D eigenvalue weighted by Gasteiger charge is 2.31. The number of halogens is 2. The largest absolute Gasteiger partial charge is 0.395 e. The van der Waals surface area contributed by atoms with Crippen LogP contribution >= 0.6 is 43.2 Å². The van der Waals surface area contributed by atoms with E-state index in [2.05, 4.69) is 31.9 Å². The molecule has 0 aliphatic rings. The van der Waals surface area contributed by atoms with Gasteiger partial charge < -0.3 is 10.2 Å². The Balaban J connectivity index is 2.33. The first-order chi connectivity index (χ1) is 9.09. The second kappa shape index (κ2) is 6.50. The van der Waals surface area contributed by atoms with Gasteiger partial charge in [-0.05, 0) is 46.1 Å². The molecule has 2 N–H and O–H groups in total. The third-order valence-electron chi connectivity index (χ3n) is 3.20. The molecular weight excluding hydrogens is 392 g/mol. The lowest BCUT2D eigenvalue weighted by Gasteiger charge is -2.30. The summed E-state index contributed by atoms with van der Waals surface area (Å²) in [5.41, 5.74) is 0.315. The quantitative estimate of drug-likeness (QED) is 0.795. The highest BCUT2D eigenvalue weighted by Crippen LogP contribution is 2.32. The highest BCUT2D eigenvalue weighted by atomic mass is 79.9. The normalized spacial score (nSPS) is 11.8. The summed E-state index contributed by atoms with van der Waals surface area (Å²) < 4.78 is 2.02. The lowest BCUT2D eigenvalue weighted by molar-refractivity contribution is 0.117. The van der Waals surface area contributed by atoms with Gasteiger partial charge in [0, 0.05) is 24.6 Å². The van der Waals surface area contributed by atoms with Crippen molar-refractivity contribution in [2.45, 2.75) is 11.8 Å². The number of aliphatic hydroxyl groups excluding tert-OH is 2. The zero-order valence-corrected chi connectivity index (χ0v) is 14.1. The number of hydrogen-bond donors (Lipinski definition) is 2. The predicted octanol–water partition coefficient (Wildman–Crippen LogP) is 3.74. The lowest BCUT2D eigenvalue weighted by Crippen LogP contribution is -2.37. The molecule has 102 valence electrons. The smallest absolute Gasteiger partial charge is 0.0553 e. The van der Waals surface area contributed by atoms with E-state index >= 15 is 0 Å². The molecule has 0 saturated carbocycles. The highest BCUT2D eigenvalue weighted by molar-refractivity contribution is 9.10. The van der Waals surface area contributed by atoms with Crippen molar-refractivity contribution < 1.29 is 10.2 Å². The fourth-order valence-corrected chi connectivity index (χ4v) is 3.89. The Morgan fingerprint density at radius 3 is 2.11 bits per heavy atom. The number of hydrogen-bond acceptors (Lipinski definition) is 3. The van der Waals surface area contributed by atoms with Gasteiger partial charge in [-0.25, -0.2) is 0 Å². The Morgan fingerprint density at radius 2 is 1.63 bits per heavy atom. The summed E-state index contributed by atoms with van der Waals surface area (Å²) in [6.07, 6.45) is 0.623. The SMILES string of the molecule is OCC(CO)(Cc1cc(Br)cs1)c1ccc(Br)cc1. The van der Waals surface area contributed by atoms with Crippen molar-refractivity contribution in [3.63, 3.8) is 0 Å². The van der Waals surface area contributed by atoms with E-state index in [9.17, 15) is 10.2 Å². The molecule has 5 heteroatoms. The molecule has 2 aromatic rings. The average molecular weight is 406 g/mol. The molecule has 0 radical (unpaired) electrons. The van der Waals surface area contributed by atoms with Crippen molar-refractivity contribution in [3.8, 4) is 0 Å². The molecule has 19 heavy (non-hydrogen) atoms. The van der Waals surface area contributed by atoms with Crippen molar-refractivity contribution in [1.82, 2.24) is 0 Å². The van der Waals surface area contributed by atoms with E-state index in [4.69, 9.17) is 0 Å². The van der Waals surface area contributed by atoms with Gasteiger partial charge in [-0.15, -0.1) is 11.3 Å². The second-order valence-corrected chi connectivity index (χ2v) is 7.34. The topological polar surface area (TPSA) is 40.5 Å². The Hall–Kier alpha value is -0.200. The molecule has 0 unspecified atom stereocenters. The summed E-state index contributed by atoms with van der Waals surface area (Å²) in [5.74, 6) is 0. The van der Waals surface area contributed by atoms with Gasteiger partial charge in [-0.1, -0.05) is 28.1 Å². The second-order valence-electron chi connectivity index (χ2n) is 4.51. The molecule has 0 fully saturated rings. The monoisotopic (exact) mass is 404 g/mol. The summed E-state index contributed by atoms with van der Waals surface area (Å²) in [5, 5.41) is 21.6. The van der Waals surface area contributed by atoms with Gasteiger partial charge in [0.25, 0.3) is 0 Å². The third kappa shape index (κ3) is 3.47. The molecule has 1 aromatic heterocycles. The fraction of sp³-hybridized carbons (Fsp3) is 0.286. The maximum atomic E-state index is 9.79. The summed E-state index contributed by atoms with van der Waals surface area (Å²) in [4.78, 5) is 1.14. The molecule has 1 heterocycles. The van der Waals surface area contributed by atoms with Crippen LogP contribution in [0.2, 0.25) is 0 Å². The Kier molecular flexibility index (Phi) is 5.20. The van der Waals surface area contributed by atoms with Gasteiger partial charge in [0.1, 0.15) is 0 Å². The van der Waals surface area contributed by atoms with Crippen LogP contribution in [0.15, 0.2) is 44.7 Å². The first kappa shape index (κ1) is 15.2. The summed E-state index contributed by atoms with van der Waals surface area (Å²) in [6, 6.07) is 9.78. The van der Waals surface area contributed by atoms with Crippen LogP contribution in [-0.4, -0.2) is 23.4 Å². The standard InChI is InChI=1S/C14H14Br2O2S/c15-11-3-1-10(2-4-11)14(8-17,9-18)6-13-5-12(16)7-19-13/h1-5,7,17-18H,6,8-9H2. The average Bonchev–Trinajstić information content (AvgIpc) is 2.82. The van der Waals surface area contributed by atoms with Gasteiger partial charge in [0.15, 0.2) is 0 Å². The van der Waals surface area contributed by atoms with E-state index in [0.717, 1.165) is 19.4 Å². The Morgan fingerprint density at radius 1 is 1.00 bits per heavy atom. The van der Waals surface area contributed by atoms with E-state index in [0.29, 0.717) is 6.42 Å². The number of rotatable bonds is 5. The van der Waals surface area contributed by atoms with Crippen LogP contribution in [0.4, 0.5) is 0 Å². The summed E-state index contributed by atoms with van der Waals surface area (Å²) >= 11 is 8.45. The number of benzene rings is 1. The van der Waals surface area contributed by atoms with Crippen LogP contribution in [0.3, 0.4) is 0 Å². The first-order valence-corrected chi connectivity index (χ1v) is 8.27. The molecule has 0 aliphatic heterocycles. The van der Waals surface area contributed by atoms with Gasteiger partial charge in [0.2, 0.25) is 0 Å². The van der Waals surface area contributed by atoms with E-state index in [1.165, 1.54) is 0 Å². The molecule has 0 bridgehead atoms. The van der Waals surface area contributed by atoms with Crippen LogP contribution in [0.25, 0.3) is 0 Å². The van der Waals surface area contributed by atoms with Crippen LogP contribution in [0.1, 0.15) is 10.4 Å². The maximum absolute atomic E-state index is 9.79. The Bertz CT molecular complexity index is 533. The molecule has 0 aliphatic carbocycles. The molecule has 2 rings (SSSR count). The van der Waals surface area contributed by atoms with Crippen molar-refractivity contribution in [2.24, 2.45) is 0 Å². The van der Waals surface area contributed by atoms with E-state index < -0.39 is 5.41 Å². The van der Waals surface area contributed by atoms with Gasteiger partial charge >= 0.3 is 0 Å². The van der Waals surface area contributed by atoms with Crippen molar-refractivity contribution >= 4 is 43.2 Å². The van der Waals surface area contributed by atoms with Crippen LogP contribution < -0.4 is 0 Å². The maximum Gasteiger partial charge on any atom is 0.0553 e. The molecule has 0 saturated heterocycles. The van der Waals surface area contributed by atoms with Gasteiger partial charge in [-0.2, -0.15) is 0 Å². The van der Waals surface area contributed by atoms with Crippen LogP contribution in [0, 0.1) is 0 Å². The number of aliphatic hydroxyl groups is 2. The fourth-order valence-electron chi connectivity index (χ4n) is 2.03. The zero-order valence-electron chi connectivity index (χ0n) is 10.1. The van der Waals surface area contributed by atoms with Crippen molar-refractivity contribution in [2.75, 3.05) is 13.2 Å². The van der Waals surface area contributed by atoms with Crippen LogP contribution in [0.5, 0.6) is 0 Å². The summed E-state index contributed by atoms with van der Waals surface area (Å²) in [6.45, 7) is -0.165. The van der Waals surface area contributed by atoms with E-state index in [1.54, 1.807) is 11.3 Å². The molecule has 1 aromatic carbocycles. The zero-order chi connectivity index (χ0) is 13.9. The lowest BCUT2D eigenvalue weighted by atomic mass is 9.78. The minimum Gasteiger partial charge on any atom is -0.395 e. The van der Waals surface area contributed by atoms with Gasteiger partial charge in [-0.3, -0.25) is 0 Å². The minimum atomic E-state index is -0.634.